The van der Waals surface area contributed by atoms with Gasteiger partial charge in [-0.1, -0.05) is 29.8 Å². The third kappa shape index (κ3) is 6.26. The lowest BCUT2D eigenvalue weighted by atomic mass is 10.1. The van der Waals surface area contributed by atoms with Crippen molar-refractivity contribution in [1.82, 2.24) is 4.90 Å². The lowest BCUT2D eigenvalue weighted by molar-refractivity contribution is -0.123. The summed E-state index contributed by atoms with van der Waals surface area (Å²) in [5, 5.41) is -0.436. The summed E-state index contributed by atoms with van der Waals surface area (Å²) in [7, 11) is 1.24. The summed E-state index contributed by atoms with van der Waals surface area (Å²) in [5.41, 5.74) is 2.85. The van der Waals surface area contributed by atoms with E-state index in [9.17, 15) is 14.4 Å². The van der Waals surface area contributed by atoms with Crippen molar-refractivity contribution in [3.8, 4) is 11.5 Å². The first-order chi connectivity index (χ1) is 17.8. The molecule has 0 unspecified atom stereocenters. The van der Waals surface area contributed by atoms with Crippen LogP contribution in [-0.4, -0.2) is 35.7 Å². The second-order valence-electron chi connectivity index (χ2n) is 8.06. The van der Waals surface area contributed by atoms with Gasteiger partial charge in [0.25, 0.3) is 11.1 Å². The maximum absolute atomic E-state index is 13.0. The summed E-state index contributed by atoms with van der Waals surface area (Å²) < 4.78 is 22.5. The van der Waals surface area contributed by atoms with Crippen molar-refractivity contribution < 1.29 is 33.0 Å². The third-order valence-electron chi connectivity index (χ3n) is 5.37. The first-order valence-corrected chi connectivity index (χ1v) is 13.0. The third-order valence-corrected chi connectivity index (χ3v) is 6.87. The molecule has 0 atom stereocenters. The standard InChI is InChI=1S/C27H24BrNO7S/c1-4-34-22-12-18(11-20(28)24(22)35-15-17-7-5-16(2)6-8-17)13-23-25(30)29(27(32)37-23)14-19-9-10-21(36-19)26(31)33-3/h5-13H,4,14-15H2,1-3H3/b23-13+. The lowest BCUT2D eigenvalue weighted by Gasteiger charge is -2.15. The number of esters is 1. The van der Waals surface area contributed by atoms with Gasteiger partial charge >= 0.3 is 5.97 Å². The van der Waals surface area contributed by atoms with E-state index < -0.39 is 17.1 Å². The molecule has 8 nitrogen and oxygen atoms in total. The van der Waals surface area contributed by atoms with Gasteiger partial charge in [0.05, 0.1) is 29.6 Å². The second-order valence-corrected chi connectivity index (χ2v) is 9.91. The molecule has 37 heavy (non-hydrogen) atoms. The first kappa shape index (κ1) is 26.6. The Morgan fingerprint density at radius 3 is 2.57 bits per heavy atom. The number of carbonyl (C=O) groups is 3. The van der Waals surface area contributed by atoms with E-state index in [1.807, 2.05) is 38.1 Å². The summed E-state index contributed by atoms with van der Waals surface area (Å²) in [4.78, 5) is 38.5. The van der Waals surface area contributed by atoms with Gasteiger partial charge in [-0.25, -0.2) is 4.79 Å². The number of rotatable bonds is 9. The summed E-state index contributed by atoms with van der Waals surface area (Å²) in [5.74, 6) is 0.257. The monoisotopic (exact) mass is 585 g/mol. The Labute approximate surface area is 226 Å². The fourth-order valence-corrected chi connectivity index (χ4v) is 4.94. The van der Waals surface area contributed by atoms with Crippen LogP contribution in [0.5, 0.6) is 11.5 Å². The summed E-state index contributed by atoms with van der Waals surface area (Å²) in [6.45, 7) is 4.58. The van der Waals surface area contributed by atoms with E-state index in [4.69, 9.17) is 13.9 Å². The van der Waals surface area contributed by atoms with E-state index in [-0.39, 0.29) is 17.2 Å². The number of hydrogen-bond donors (Lipinski definition) is 0. The number of ether oxygens (including phenoxy) is 3. The predicted molar refractivity (Wildman–Crippen MR) is 142 cm³/mol. The fraction of sp³-hybridized carbons (Fsp3) is 0.222. The van der Waals surface area contributed by atoms with Crippen LogP contribution in [0.15, 0.2) is 62.3 Å². The number of hydrogen-bond acceptors (Lipinski definition) is 8. The Morgan fingerprint density at radius 2 is 1.86 bits per heavy atom. The van der Waals surface area contributed by atoms with Crippen molar-refractivity contribution in [2.45, 2.75) is 27.0 Å². The van der Waals surface area contributed by atoms with Crippen molar-refractivity contribution in [2.24, 2.45) is 0 Å². The highest BCUT2D eigenvalue weighted by atomic mass is 79.9. The molecule has 4 rings (SSSR count). The summed E-state index contributed by atoms with van der Waals surface area (Å²) >= 11 is 4.38. The topological polar surface area (TPSA) is 95.3 Å². The zero-order valence-corrected chi connectivity index (χ0v) is 22.8. The van der Waals surface area contributed by atoms with Crippen LogP contribution in [0.4, 0.5) is 4.79 Å². The molecule has 3 aromatic rings. The number of nitrogens with zero attached hydrogens (tertiary/aromatic N) is 1. The number of amides is 2. The van der Waals surface area contributed by atoms with Crippen LogP contribution in [0.3, 0.4) is 0 Å². The molecule has 1 aliphatic rings. The minimum absolute atomic E-state index is 0.00185. The molecule has 10 heteroatoms. The largest absolute Gasteiger partial charge is 0.490 e. The van der Waals surface area contributed by atoms with Gasteiger partial charge in [-0.3, -0.25) is 14.5 Å². The Morgan fingerprint density at radius 1 is 1.11 bits per heavy atom. The van der Waals surface area contributed by atoms with Crippen LogP contribution >= 0.6 is 27.7 Å². The maximum atomic E-state index is 13.0. The molecule has 1 aliphatic heterocycles. The van der Waals surface area contributed by atoms with Gasteiger partial charge in [-0.2, -0.15) is 0 Å². The molecule has 2 heterocycles. The lowest BCUT2D eigenvalue weighted by Crippen LogP contribution is -2.27. The van der Waals surface area contributed by atoms with Gasteiger partial charge in [0.1, 0.15) is 12.4 Å². The van der Waals surface area contributed by atoms with E-state index in [1.54, 1.807) is 18.2 Å². The number of furan rings is 1. The Hall–Kier alpha value is -3.50. The van der Waals surface area contributed by atoms with Crippen molar-refractivity contribution in [2.75, 3.05) is 13.7 Å². The highest BCUT2D eigenvalue weighted by Crippen LogP contribution is 2.40. The number of benzene rings is 2. The van der Waals surface area contributed by atoms with Crippen LogP contribution in [0, 0.1) is 6.92 Å². The summed E-state index contributed by atoms with van der Waals surface area (Å²) in [6, 6.07) is 14.6. The number of aryl methyl sites for hydroxylation is 1. The number of halogens is 1. The smallest absolute Gasteiger partial charge is 0.373 e. The SMILES string of the molecule is CCOc1cc(/C=C2/SC(=O)N(Cc3ccc(C(=O)OC)o3)C2=O)cc(Br)c1OCc1ccc(C)cc1. The van der Waals surface area contributed by atoms with Crippen molar-refractivity contribution in [3.63, 3.8) is 0 Å². The molecular formula is C27H24BrNO7S. The minimum atomic E-state index is -0.637. The van der Waals surface area contributed by atoms with Crippen molar-refractivity contribution >= 4 is 50.9 Å². The van der Waals surface area contributed by atoms with Crippen LogP contribution < -0.4 is 9.47 Å². The van der Waals surface area contributed by atoms with Crippen molar-refractivity contribution in [3.05, 3.63) is 86.1 Å². The van der Waals surface area contributed by atoms with E-state index in [2.05, 4.69) is 20.7 Å². The van der Waals surface area contributed by atoms with E-state index in [1.165, 1.54) is 24.8 Å². The van der Waals surface area contributed by atoms with Gasteiger partial charge in [0.15, 0.2) is 11.5 Å². The number of imide groups is 1. The predicted octanol–water partition coefficient (Wildman–Crippen LogP) is 6.35. The minimum Gasteiger partial charge on any atom is -0.490 e. The van der Waals surface area contributed by atoms with Crippen LogP contribution in [0.2, 0.25) is 0 Å². The normalized spacial score (nSPS) is 14.4. The fourth-order valence-electron chi connectivity index (χ4n) is 3.53. The number of methoxy groups -OCH3 is 1. The molecule has 0 spiro atoms. The molecule has 2 aromatic carbocycles. The molecule has 0 bridgehead atoms. The highest BCUT2D eigenvalue weighted by Gasteiger charge is 2.36. The van der Waals surface area contributed by atoms with E-state index in [0.717, 1.165) is 22.2 Å². The molecule has 1 saturated heterocycles. The zero-order chi connectivity index (χ0) is 26.5. The molecule has 1 aromatic heterocycles. The highest BCUT2D eigenvalue weighted by molar-refractivity contribution is 9.10. The quantitative estimate of drug-likeness (QED) is 0.212. The maximum Gasteiger partial charge on any atom is 0.373 e. The van der Waals surface area contributed by atoms with E-state index in [0.29, 0.717) is 40.5 Å². The van der Waals surface area contributed by atoms with Gasteiger partial charge in [0, 0.05) is 0 Å². The molecule has 0 saturated carbocycles. The van der Waals surface area contributed by atoms with E-state index >= 15 is 0 Å². The Balaban J connectivity index is 1.52. The van der Waals surface area contributed by atoms with Gasteiger partial charge in [0.2, 0.25) is 5.76 Å². The molecular weight excluding hydrogens is 562 g/mol. The summed E-state index contributed by atoms with van der Waals surface area (Å²) in [6.07, 6.45) is 1.63. The molecule has 192 valence electrons. The van der Waals surface area contributed by atoms with Crippen molar-refractivity contribution in [1.29, 1.82) is 0 Å². The average Bonchev–Trinajstić information content (AvgIpc) is 3.45. The van der Waals surface area contributed by atoms with Crippen LogP contribution in [0.1, 0.15) is 39.9 Å². The molecule has 0 N–H and O–H groups in total. The average molecular weight is 586 g/mol. The molecule has 0 radical (unpaired) electrons. The zero-order valence-electron chi connectivity index (χ0n) is 20.4. The Kier molecular flexibility index (Phi) is 8.40. The molecule has 0 aliphatic carbocycles. The number of carbonyl (C=O) groups excluding carboxylic acids is 3. The van der Waals surface area contributed by atoms with Gasteiger partial charge in [-0.15, -0.1) is 0 Å². The van der Waals surface area contributed by atoms with Gasteiger partial charge < -0.3 is 18.6 Å². The van der Waals surface area contributed by atoms with Gasteiger partial charge in [-0.05, 0) is 83.0 Å². The first-order valence-electron chi connectivity index (χ1n) is 11.4. The second kappa shape index (κ2) is 11.7. The van der Waals surface area contributed by atoms with Crippen LogP contribution in [0.25, 0.3) is 6.08 Å². The molecule has 1 fully saturated rings. The number of thioether (sulfide) groups is 1. The molecule has 2 amide bonds. The Bertz CT molecular complexity index is 1360. The van der Waals surface area contributed by atoms with Crippen LogP contribution in [-0.2, 0) is 22.7 Å².